The van der Waals surface area contributed by atoms with E-state index in [1.807, 2.05) is 6.92 Å². The molecule has 0 bridgehead atoms. The molecule has 0 fully saturated rings. The first-order chi connectivity index (χ1) is 12.1. The Labute approximate surface area is 149 Å². The molecule has 0 atom stereocenters. The largest absolute Gasteiger partial charge is 0.462 e. The molecule has 0 amide bonds. The van der Waals surface area contributed by atoms with Crippen molar-refractivity contribution in [1.82, 2.24) is 14.8 Å². The number of ether oxygens (including phenoxy) is 1. The van der Waals surface area contributed by atoms with Crippen molar-refractivity contribution in [2.45, 2.75) is 13.3 Å². The minimum absolute atomic E-state index is 0.104. The molecule has 25 heavy (non-hydrogen) atoms. The van der Waals surface area contributed by atoms with E-state index in [0.717, 1.165) is 11.1 Å². The number of nitrogens with zero attached hydrogens (tertiary/aromatic N) is 3. The highest BCUT2D eigenvalue weighted by molar-refractivity contribution is 6.30. The molecule has 0 aliphatic heterocycles. The predicted molar refractivity (Wildman–Crippen MR) is 92.4 cm³/mol. The number of hydrogen-bond donors (Lipinski definition) is 0. The molecule has 3 rings (SSSR count). The van der Waals surface area contributed by atoms with E-state index < -0.39 is 11.7 Å². The lowest BCUT2D eigenvalue weighted by Crippen LogP contribution is -2.15. The molecule has 128 valence electrons. The number of carbonyl (C=O) groups excluding carboxylic acids is 1. The topological polar surface area (TPSA) is 57.0 Å². The first kappa shape index (κ1) is 17.1. The van der Waals surface area contributed by atoms with E-state index in [0.29, 0.717) is 23.0 Å². The molecule has 3 aromatic rings. The van der Waals surface area contributed by atoms with E-state index in [1.54, 1.807) is 24.3 Å². The van der Waals surface area contributed by atoms with Gasteiger partial charge in [-0.2, -0.15) is 9.67 Å². The van der Waals surface area contributed by atoms with Gasteiger partial charge in [-0.05, 0) is 42.8 Å². The molecule has 0 aliphatic carbocycles. The van der Waals surface area contributed by atoms with Gasteiger partial charge < -0.3 is 4.74 Å². The van der Waals surface area contributed by atoms with Gasteiger partial charge in [-0.1, -0.05) is 30.7 Å². The highest BCUT2D eigenvalue weighted by Gasteiger charge is 2.20. The van der Waals surface area contributed by atoms with Crippen molar-refractivity contribution < 1.29 is 13.9 Å². The van der Waals surface area contributed by atoms with Crippen LogP contribution in [0, 0.1) is 5.82 Å². The maximum absolute atomic E-state index is 13.1. The van der Waals surface area contributed by atoms with Gasteiger partial charge in [0.25, 0.3) is 5.91 Å². The van der Waals surface area contributed by atoms with Crippen molar-refractivity contribution in [2.24, 2.45) is 0 Å². The summed E-state index contributed by atoms with van der Waals surface area (Å²) in [6.45, 7) is 2.39. The molecule has 0 aliphatic rings. The van der Waals surface area contributed by atoms with Gasteiger partial charge in [0.15, 0.2) is 5.82 Å². The summed E-state index contributed by atoms with van der Waals surface area (Å²) in [5.41, 5.74) is 0.915. The Bertz CT molecular complexity index is 894. The Morgan fingerprint density at radius 2 is 2.00 bits per heavy atom. The fourth-order valence-electron chi connectivity index (χ4n) is 2.22. The van der Waals surface area contributed by atoms with E-state index >= 15 is 0 Å². The minimum atomic E-state index is -0.436. The number of benzene rings is 2. The van der Waals surface area contributed by atoms with E-state index in [4.69, 9.17) is 16.3 Å². The third kappa shape index (κ3) is 3.85. The van der Waals surface area contributed by atoms with Gasteiger partial charge in [-0.25, -0.2) is 4.39 Å². The van der Waals surface area contributed by atoms with Gasteiger partial charge in [-0.3, -0.25) is 4.79 Å². The second-order valence-corrected chi connectivity index (χ2v) is 5.74. The summed E-state index contributed by atoms with van der Waals surface area (Å²) in [5, 5.41) is 4.66. The van der Waals surface area contributed by atoms with Crippen LogP contribution in [0.5, 0.6) is 6.01 Å². The zero-order chi connectivity index (χ0) is 17.8. The summed E-state index contributed by atoms with van der Waals surface area (Å²) >= 11 is 6.04. The monoisotopic (exact) mass is 359 g/mol. The van der Waals surface area contributed by atoms with Crippen molar-refractivity contribution in [3.8, 4) is 17.4 Å². The van der Waals surface area contributed by atoms with Crippen LogP contribution >= 0.6 is 11.6 Å². The number of aromatic nitrogens is 3. The molecule has 1 heterocycles. The molecule has 5 nitrogen and oxygen atoms in total. The Kier molecular flexibility index (Phi) is 5.09. The SMILES string of the molecule is CCCOc1nc(-c2cccc(Cl)c2)n(C(=O)c2ccc(F)cc2)n1. The van der Waals surface area contributed by atoms with Crippen LogP contribution in [0.3, 0.4) is 0 Å². The van der Waals surface area contributed by atoms with Crippen LogP contribution in [-0.4, -0.2) is 27.3 Å². The van der Waals surface area contributed by atoms with Crippen LogP contribution in [-0.2, 0) is 0 Å². The summed E-state index contributed by atoms with van der Waals surface area (Å²) in [6, 6.07) is 12.3. The molecule has 0 spiro atoms. The highest BCUT2D eigenvalue weighted by Crippen LogP contribution is 2.24. The fraction of sp³-hybridized carbons (Fsp3) is 0.167. The molecule has 1 aromatic heterocycles. The summed E-state index contributed by atoms with van der Waals surface area (Å²) in [7, 11) is 0. The summed E-state index contributed by atoms with van der Waals surface area (Å²) in [6.07, 6.45) is 0.785. The molecule has 0 saturated heterocycles. The zero-order valence-electron chi connectivity index (χ0n) is 13.4. The lowest BCUT2D eigenvalue weighted by atomic mass is 10.2. The second-order valence-electron chi connectivity index (χ2n) is 5.30. The van der Waals surface area contributed by atoms with Crippen molar-refractivity contribution in [1.29, 1.82) is 0 Å². The Morgan fingerprint density at radius 3 is 2.68 bits per heavy atom. The van der Waals surface area contributed by atoms with E-state index in [-0.39, 0.29) is 11.6 Å². The lowest BCUT2D eigenvalue weighted by molar-refractivity contribution is 0.0944. The second kappa shape index (κ2) is 7.44. The van der Waals surface area contributed by atoms with Crippen molar-refractivity contribution in [3.63, 3.8) is 0 Å². The maximum atomic E-state index is 13.1. The molecule has 7 heteroatoms. The van der Waals surface area contributed by atoms with Gasteiger partial charge in [0.05, 0.1) is 6.61 Å². The van der Waals surface area contributed by atoms with Crippen LogP contribution in [0.4, 0.5) is 4.39 Å². The van der Waals surface area contributed by atoms with Crippen LogP contribution in [0.25, 0.3) is 11.4 Å². The molecule has 0 unspecified atom stereocenters. The van der Waals surface area contributed by atoms with Crippen LogP contribution in [0.1, 0.15) is 23.7 Å². The van der Waals surface area contributed by atoms with Gasteiger partial charge in [0.2, 0.25) is 0 Å². The van der Waals surface area contributed by atoms with Gasteiger partial charge in [0, 0.05) is 16.1 Å². The third-order valence-corrected chi connectivity index (χ3v) is 3.62. The van der Waals surface area contributed by atoms with Crippen LogP contribution in [0.15, 0.2) is 48.5 Å². The number of carbonyl (C=O) groups is 1. The number of halogens is 2. The lowest BCUT2D eigenvalue weighted by Gasteiger charge is -2.05. The van der Waals surface area contributed by atoms with Gasteiger partial charge >= 0.3 is 6.01 Å². The summed E-state index contributed by atoms with van der Waals surface area (Å²) in [5.74, 6) is -0.547. The van der Waals surface area contributed by atoms with E-state index in [2.05, 4.69) is 10.1 Å². The summed E-state index contributed by atoms with van der Waals surface area (Å²) in [4.78, 5) is 17.1. The van der Waals surface area contributed by atoms with Crippen molar-refractivity contribution in [3.05, 3.63) is 64.9 Å². The smallest absolute Gasteiger partial charge is 0.336 e. The Morgan fingerprint density at radius 1 is 1.24 bits per heavy atom. The van der Waals surface area contributed by atoms with E-state index in [9.17, 15) is 9.18 Å². The first-order valence-electron chi connectivity index (χ1n) is 7.74. The normalized spacial score (nSPS) is 10.7. The minimum Gasteiger partial charge on any atom is -0.462 e. The van der Waals surface area contributed by atoms with E-state index in [1.165, 1.54) is 24.3 Å². The molecule has 2 aromatic carbocycles. The average molecular weight is 360 g/mol. The van der Waals surface area contributed by atoms with Gasteiger partial charge in [-0.15, -0.1) is 5.10 Å². The quantitative estimate of drug-likeness (QED) is 0.684. The maximum Gasteiger partial charge on any atom is 0.336 e. The predicted octanol–water partition coefficient (Wildman–Crippen LogP) is 4.21. The van der Waals surface area contributed by atoms with Crippen molar-refractivity contribution >= 4 is 17.5 Å². The average Bonchev–Trinajstić information content (AvgIpc) is 3.04. The Hall–Kier alpha value is -2.73. The molecule has 0 radical (unpaired) electrons. The number of rotatable bonds is 5. The summed E-state index contributed by atoms with van der Waals surface area (Å²) < 4.78 is 19.7. The van der Waals surface area contributed by atoms with Crippen molar-refractivity contribution in [2.75, 3.05) is 6.61 Å². The highest BCUT2D eigenvalue weighted by atomic mass is 35.5. The standard InChI is InChI=1S/C18H15ClFN3O2/c1-2-10-25-18-21-16(13-4-3-5-14(19)11-13)23(22-18)17(24)12-6-8-15(20)9-7-12/h3-9,11H,2,10H2,1H3. The molecule has 0 N–H and O–H groups in total. The van der Waals surface area contributed by atoms with Crippen LogP contribution < -0.4 is 4.74 Å². The molecule has 0 saturated carbocycles. The molecular formula is C18H15ClFN3O2. The van der Waals surface area contributed by atoms with Gasteiger partial charge in [0.1, 0.15) is 5.82 Å². The number of hydrogen-bond acceptors (Lipinski definition) is 4. The zero-order valence-corrected chi connectivity index (χ0v) is 14.2. The molecular weight excluding hydrogens is 345 g/mol. The first-order valence-corrected chi connectivity index (χ1v) is 8.12. The van der Waals surface area contributed by atoms with Crippen LogP contribution in [0.2, 0.25) is 5.02 Å². The Balaban J connectivity index is 2.05. The third-order valence-electron chi connectivity index (χ3n) is 3.39. The fourth-order valence-corrected chi connectivity index (χ4v) is 2.41.